The van der Waals surface area contributed by atoms with Crippen molar-refractivity contribution < 1.29 is 0 Å². The van der Waals surface area contributed by atoms with E-state index >= 15 is 0 Å². The molecule has 0 N–H and O–H groups in total. The number of hydrogen-bond donors (Lipinski definition) is 0. The van der Waals surface area contributed by atoms with Gasteiger partial charge in [-0.25, -0.2) is 0 Å². The molecule has 0 heterocycles. The van der Waals surface area contributed by atoms with E-state index in [0.717, 1.165) is 32.1 Å². The molecule has 1 aliphatic carbocycles. The van der Waals surface area contributed by atoms with Crippen LogP contribution in [-0.4, -0.2) is 0 Å². The Labute approximate surface area is 110 Å². The summed E-state index contributed by atoms with van der Waals surface area (Å²) in [5, 5.41) is 26.4. The topological polar surface area (TPSA) is 71.4 Å². The van der Waals surface area contributed by atoms with E-state index in [2.05, 4.69) is 18.2 Å². The van der Waals surface area contributed by atoms with Gasteiger partial charge < -0.3 is 0 Å². The molecule has 4 atom stereocenters. The molecule has 1 rings (SSSR count). The van der Waals surface area contributed by atoms with E-state index in [1.807, 2.05) is 6.92 Å². The van der Waals surface area contributed by atoms with Gasteiger partial charge in [0.05, 0.1) is 18.2 Å². The molecule has 0 aromatic heterocycles. The Morgan fingerprint density at radius 1 is 1.00 bits per heavy atom. The van der Waals surface area contributed by atoms with Crippen LogP contribution in [0.1, 0.15) is 51.9 Å². The van der Waals surface area contributed by atoms with E-state index in [-0.39, 0.29) is 5.92 Å². The lowest BCUT2D eigenvalue weighted by Gasteiger charge is -2.36. The summed E-state index contributed by atoms with van der Waals surface area (Å²) in [4.78, 5) is 0. The second-order valence-corrected chi connectivity index (χ2v) is 5.40. The van der Waals surface area contributed by atoms with Crippen molar-refractivity contribution in [3.8, 4) is 18.2 Å². The van der Waals surface area contributed by atoms with Gasteiger partial charge in [0.1, 0.15) is 0 Å². The van der Waals surface area contributed by atoms with Crippen LogP contribution in [0.3, 0.4) is 0 Å². The molecule has 0 saturated heterocycles. The van der Waals surface area contributed by atoms with Crippen LogP contribution < -0.4 is 0 Å². The van der Waals surface area contributed by atoms with Gasteiger partial charge in [0.15, 0.2) is 0 Å². The average Bonchev–Trinajstić information content (AvgIpc) is 2.42. The zero-order chi connectivity index (χ0) is 13.4. The van der Waals surface area contributed by atoms with Crippen molar-refractivity contribution in [2.75, 3.05) is 0 Å². The molecule has 1 fully saturated rings. The smallest absolute Gasteiger partial charge is 0.0655 e. The molecule has 3 nitrogen and oxygen atoms in total. The summed E-state index contributed by atoms with van der Waals surface area (Å²) in [5.41, 5.74) is 0. The maximum Gasteiger partial charge on any atom is 0.0655 e. The Balaban J connectivity index is 2.58. The third-order valence-electron chi connectivity index (χ3n) is 4.35. The summed E-state index contributed by atoms with van der Waals surface area (Å²) >= 11 is 0. The molecule has 0 aromatic carbocycles. The minimum Gasteiger partial charge on any atom is -0.198 e. The van der Waals surface area contributed by atoms with Gasteiger partial charge in [-0.2, -0.15) is 15.8 Å². The average molecular weight is 243 g/mol. The number of hydrogen-bond acceptors (Lipinski definition) is 3. The molecule has 0 bridgehead atoms. The predicted molar refractivity (Wildman–Crippen MR) is 68.8 cm³/mol. The first-order valence-corrected chi connectivity index (χ1v) is 6.86. The third-order valence-corrected chi connectivity index (χ3v) is 4.35. The minimum atomic E-state index is 0.117. The molecule has 0 spiro atoms. The zero-order valence-electron chi connectivity index (χ0n) is 11.1. The molecule has 3 heteroatoms. The normalized spacial score (nSPS) is 28.7. The fourth-order valence-corrected chi connectivity index (χ4v) is 3.16. The largest absolute Gasteiger partial charge is 0.198 e. The summed E-state index contributed by atoms with van der Waals surface area (Å²) in [6.07, 6.45) is 6.39. The molecule has 1 saturated carbocycles. The van der Waals surface area contributed by atoms with Crippen molar-refractivity contribution in [2.24, 2.45) is 23.7 Å². The summed E-state index contributed by atoms with van der Waals surface area (Å²) in [5.74, 6) is 1.72. The first-order valence-electron chi connectivity index (χ1n) is 6.86. The van der Waals surface area contributed by atoms with Gasteiger partial charge in [-0.1, -0.05) is 0 Å². The Morgan fingerprint density at radius 3 is 2.17 bits per heavy atom. The lowest BCUT2D eigenvalue weighted by Crippen LogP contribution is -2.28. The first kappa shape index (κ1) is 14.5. The standard InChI is InChI=1S/C15H21N3/c1-12(11-18)14-7-6-13(4-2-8-16)15(10-14)5-3-9-17/h12-15H,2-7,10H2,1H3. The quantitative estimate of drug-likeness (QED) is 0.737. The number of nitrogens with zero attached hydrogens (tertiary/aromatic N) is 3. The van der Waals surface area contributed by atoms with E-state index in [1.165, 1.54) is 0 Å². The van der Waals surface area contributed by atoms with Gasteiger partial charge in [-0.15, -0.1) is 0 Å². The molecule has 0 aliphatic heterocycles. The number of nitriles is 3. The van der Waals surface area contributed by atoms with Crippen molar-refractivity contribution in [2.45, 2.75) is 51.9 Å². The highest BCUT2D eigenvalue weighted by Crippen LogP contribution is 2.41. The van der Waals surface area contributed by atoms with E-state index in [9.17, 15) is 0 Å². The van der Waals surface area contributed by atoms with E-state index in [1.54, 1.807) is 0 Å². The molecular weight excluding hydrogens is 222 g/mol. The molecule has 0 radical (unpaired) electrons. The highest BCUT2D eigenvalue weighted by atomic mass is 14.4. The summed E-state index contributed by atoms with van der Waals surface area (Å²) in [6.45, 7) is 2.00. The summed E-state index contributed by atoms with van der Waals surface area (Å²) in [7, 11) is 0. The lowest BCUT2D eigenvalue weighted by molar-refractivity contribution is 0.144. The molecule has 0 aromatic rings. The van der Waals surface area contributed by atoms with Crippen molar-refractivity contribution in [3.05, 3.63) is 0 Å². The maximum absolute atomic E-state index is 9.01. The van der Waals surface area contributed by atoms with Crippen LogP contribution in [0.2, 0.25) is 0 Å². The molecule has 96 valence electrons. The highest BCUT2D eigenvalue weighted by Gasteiger charge is 2.32. The molecular formula is C15H21N3. The Kier molecular flexibility index (Phi) is 6.24. The fourth-order valence-electron chi connectivity index (χ4n) is 3.16. The predicted octanol–water partition coefficient (Wildman–Crippen LogP) is 3.79. The fraction of sp³-hybridized carbons (Fsp3) is 0.800. The Morgan fingerprint density at radius 2 is 1.61 bits per heavy atom. The number of rotatable bonds is 5. The van der Waals surface area contributed by atoms with Crippen LogP contribution in [0, 0.1) is 57.7 Å². The Bertz CT molecular complexity index is 369. The van der Waals surface area contributed by atoms with Crippen LogP contribution in [0.25, 0.3) is 0 Å². The van der Waals surface area contributed by atoms with Gasteiger partial charge in [0.25, 0.3) is 0 Å². The third kappa shape index (κ3) is 4.05. The van der Waals surface area contributed by atoms with Gasteiger partial charge in [-0.05, 0) is 56.8 Å². The van der Waals surface area contributed by atoms with Gasteiger partial charge in [-0.3, -0.25) is 0 Å². The first-order chi connectivity index (χ1) is 8.72. The molecule has 18 heavy (non-hydrogen) atoms. The van der Waals surface area contributed by atoms with Gasteiger partial charge in [0.2, 0.25) is 0 Å². The second-order valence-electron chi connectivity index (χ2n) is 5.40. The zero-order valence-corrected chi connectivity index (χ0v) is 11.1. The maximum atomic E-state index is 9.01. The van der Waals surface area contributed by atoms with E-state index in [0.29, 0.717) is 30.6 Å². The minimum absolute atomic E-state index is 0.117. The molecule has 4 unspecified atom stereocenters. The van der Waals surface area contributed by atoms with Crippen molar-refractivity contribution in [3.63, 3.8) is 0 Å². The van der Waals surface area contributed by atoms with Crippen LogP contribution in [-0.2, 0) is 0 Å². The van der Waals surface area contributed by atoms with Crippen molar-refractivity contribution in [1.29, 1.82) is 15.8 Å². The van der Waals surface area contributed by atoms with E-state index < -0.39 is 0 Å². The summed E-state index contributed by atoms with van der Waals surface area (Å²) < 4.78 is 0. The molecule has 1 aliphatic rings. The van der Waals surface area contributed by atoms with Crippen molar-refractivity contribution >= 4 is 0 Å². The monoisotopic (exact) mass is 243 g/mol. The van der Waals surface area contributed by atoms with Crippen LogP contribution in [0.5, 0.6) is 0 Å². The van der Waals surface area contributed by atoms with Gasteiger partial charge >= 0.3 is 0 Å². The van der Waals surface area contributed by atoms with Crippen LogP contribution >= 0.6 is 0 Å². The van der Waals surface area contributed by atoms with Crippen LogP contribution in [0.15, 0.2) is 0 Å². The SMILES string of the molecule is CC(C#N)C1CCC(CCC#N)C(CCC#N)C1. The van der Waals surface area contributed by atoms with Crippen molar-refractivity contribution in [1.82, 2.24) is 0 Å². The van der Waals surface area contributed by atoms with Crippen LogP contribution in [0.4, 0.5) is 0 Å². The van der Waals surface area contributed by atoms with E-state index in [4.69, 9.17) is 15.8 Å². The highest BCUT2D eigenvalue weighted by molar-refractivity contribution is 4.91. The van der Waals surface area contributed by atoms with Gasteiger partial charge in [0, 0.05) is 18.8 Å². The lowest BCUT2D eigenvalue weighted by atomic mass is 9.68. The second kappa shape index (κ2) is 7.73. The Hall–Kier alpha value is -1.53. The molecule has 0 amide bonds. The summed E-state index contributed by atoms with van der Waals surface area (Å²) in [6, 6.07) is 6.79.